The van der Waals surface area contributed by atoms with Crippen LogP contribution in [0, 0.1) is 10.7 Å². The Morgan fingerprint density at radius 2 is 2.13 bits per heavy atom. The molecule has 158 valence electrons. The molecule has 1 aliphatic heterocycles. The normalized spacial score (nSPS) is 20.5. The van der Waals surface area contributed by atoms with E-state index in [0.717, 1.165) is 11.8 Å². The average Bonchev–Trinajstić information content (AvgIpc) is 3.30. The van der Waals surface area contributed by atoms with Crippen molar-refractivity contribution in [2.45, 2.75) is 18.1 Å². The molecule has 0 radical (unpaired) electrons. The van der Waals surface area contributed by atoms with Gasteiger partial charge in [-0.3, -0.25) is 9.36 Å². The van der Waals surface area contributed by atoms with E-state index in [-0.39, 0.29) is 23.6 Å². The van der Waals surface area contributed by atoms with Gasteiger partial charge in [0.25, 0.3) is 5.91 Å². The van der Waals surface area contributed by atoms with Crippen LogP contribution in [0.15, 0.2) is 48.7 Å². The molecule has 1 N–H and O–H groups in total. The Morgan fingerprint density at radius 3 is 2.81 bits per heavy atom. The molecule has 2 atom stereocenters. The number of hydrogen-bond donors (Lipinski definition) is 1. The number of fused-ring (bicyclic) bond motifs is 1. The van der Waals surface area contributed by atoms with Crippen LogP contribution < -0.4 is 4.74 Å². The van der Waals surface area contributed by atoms with Crippen LogP contribution in [0.25, 0.3) is 10.9 Å². The van der Waals surface area contributed by atoms with E-state index in [1.807, 2.05) is 5.40 Å². The van der Waals surface area contributed by atoms with Gasteiger partial charge in [-0.15, -0.1) is 0 Å². The highest BCUT2D eigenvalue weighted by atomic mass is 35.5. The number of aliphatic hydroxyl groups is 1. The van der Waals surface area contributed by atoms with Gasteiger partial charge < -0.3 is 14.6 Å². The number of thioether (sulfide) groups is 1. The van der Waals surface area contributed by atoms with Gasteiger partial charge in [-0.05, 0) is 54.2 Å². The number of ether oxygens (including phenoxy) is 2. The molecule has 7 nitrogen and oxygen atoms in total. The summed E-state index contributed by atoms with van der Waals surface area (Å²) < 4.78 is 12.0. The molecule has 2 unspecified atom stereocenters. The topological polar surface area (TPSA) is 102 Å². The lowest BCUT2D eigenvalue weighted by molar-refractivity contribution is -0.155. The molecule has 1 saturated heterocycles. The number of nitriles is 1. The SMILES string of the molecule is COc1ccc2c(c1)c(C1(O)CC(CSC#N)OC1=O)cn2C(=O)c1ccc(Cl)cc1. The highest BCUT2D eigenvalue weighted by Gasteiger charge is 2.50. The fraction of sp³-hybridized carbons (Fsp3) is 0.227. The second-order valence-corrected chi connectivity index (χ2v) is 8.34. The summed E-state index contributed by atoms with van der Waals surface area (Å²) in [5, 5.41) is 23.0. The summed E-state index contributed by atoms with van der Waals surface area (Å²) in [5.41, 5.74) is -0.797. The predicted molar refractivity (Wildman–Crippen MR) is 116 cm³/mol. The van der Waals surface area contributed by atoms with E-state index in [4.69, 9.17) is 26.3 Å². The van der Waals surface area contributed by atoms with E-state index < -0.39 is 17.7 Å². The van der Waals surface area contributed by atoms with Crippen molar-refractivity contribution in [2.75, 3.05) is 12.9 Å². The number of hydrogen-bond acceptors (Lipinski definition) is 7. The van der Waals surface area contributed by atoms with E-state index >= 15 is 0 Å². The Hall–Kier alpha value is -2.99. The first-order valence-corrected chi connectivity index (χ1v) is 10.7. The van der Waals surface area contributed by atoms with Gasteiger partial charge in [0.15, 0.2) is 5.60 Å². The van der Waals surface area contributed by atoms with Crippen molar-refractivity contribution in [3.8, 4) is 11.2 Å². The largest absolute Gasteiger partial charge is 0.497 e. The lowest BCUT2D eigenvalue weighted by atomic mass is 9.90. The second-order valence-electron chi connectivity index (χ2n) is 7.10. The third-order valence-electron chi connectivity index (χ3n) is 5.24. The van der Waals surface area contributed by atoms with Gasteiger partial charge in [0, 0.05) is 39.9 Å². The Morgan fingerprint density at radius 1 is 1.39 bits per heavy atom. The number of carbonyl (C=O) groups excluding carboxylic acids is 2. The fourth-order valence-electron chi connectivity index (χ4n) is 3.71. The molecular weight excluding hydrogens is 440 g/mol. The highest BCUT2D eigenvalue weighted by Crippen LogP contribution is 2.41. The van der Waals surface area contributed by atoms with Gasteiger partial charge in [0.1, 0.15) is 17.3 Å². The van der Waals surface area contributed by atoms with Crippen LogP contribution in [-0.2, 0) is 15.1 Å². The standard InChI is InChI=1S/C22H17ClN2O5S/c1-29-15-6-7-19-17(8-15)18(22(28)9-16(11-31-12-24)30-21(22)27)10-25(19)20(26)13-2-4-14(23)5-3-13/h2-8,10,16,28H,9,11H2,1H3. The van der Waals surface area contributed by atoms with Crippen LogP contribution in [0.1, 0.15) is 22.3 Å². The minimum atomic E-state index is -1.95. The second kappa shape index (κ2) is 8.27. The lowest BCUT2D eigenvalue weighted by Crippen LogP contribution is -2.31. The Labute approximate surface area is 187 Å². The number of esters is 1. The van der Waals surface area contributed by atoms with Crippen LogP contribution in [0.4, 0.5) is 0 Å². The molecule has 0 bridgehead atoms. The molecule has 1 aliphatic rings. The Kier molecular flexibility index (Phi) is 5.67. The number of benzene rings is 2. The van der Waals surface area contributed by atoms with E-state index in [1.165, 1.54) is 17.9 Å². The number of thiocyanates is 1. The number of cyclic esters (lactones) is 1. The smallest absolute Gasteiger partial charge is 0.343 e. The third kappa shape index (κ3) is 3.76. The highest BCUT2D eigenvalue weighted by molar-refractivity contribution is 8.03. The monoisotopic (exact) mass is 456 g/mol. The van der Waals surface area contributed by atoms with E-state index in [0.29, 0.717) is 27.2 Å². The van der Waals surface area contributed by atoms with Crippen LogP contribution in [0.2, 0.25) is 5.02 Å². The maximum atomic E-state index is 13.2. The maximum Gasteiger partial charge on any atom is 0.343 e. The molecule has 2 heterocycles. The molecular formula is C22H17ClN2O5S. The van der Waals surface area contributed by atoms with Crippen molar-refractivity contribution in [1.29, 1.82) is 5.26 Å². The number of nitrogens with zero attached hydrogens (tertiary/aromatic N) is 2. The van der Waals surface area contributed by atoms with Gasteiger partial charge in [-0.2, -0.15) is 5.26 Å². The van der Waals surface area contributed by atoms with E-state index in [9.17, 15) is 14.7 Å². The molecule has 0 amide bonds. The first kappa shape index (κ1) is 21.2. The zero-order chi connectivity index (χ0) is 22.2. The van der Waals surface area contributed by atoms with Crippen molar-refractivity contribution in [2.24, 2.45) is 0 Å². The Bertz CT molecular complexity index is 1220. The van der Waals surface area contributed by atoms with Crippen LogP contribution in [0.3, 0.4) is 0 Å². The lowest BCUT2D eigenvalue weighted by Gasteiger charge is -2.17. The van der Waals surface area contributed by atoms with E-state index in [1.54, 1.807) is 42.5 Å². The van der Waals surface area contributed by atoms with Crippen LogP contribution in [-0.4, -0.2) is 40.5 Å². The maximum absolute atomic E-state index is 13.2. The average molecular weight is 457 g/mol. The van der Waals surface area contributed by atoms with Crippen molar-refractivity contribution in [3.63, 3.8) is 0 Å². The molecule has 9 heteroatoms. The van der Waals surface area contributed by atoms with Gasteiger partial charge in [0.05, 0.1) is 12.6 Å². The van der Waals surface area contributed by atoms with Crippen LogP contribution in [0.5, 0.6) is 5.75 Å². The van der Waals surface area contributed by atoms with Gasteiger partial charge in [-0.1, -0.05) is 11.6 Å². The zero-order valence-corrected chi connectivity index (χ0v) is 17.9. The summed E-state index contributed by atoms with van der Waals surface area (Å²) in [6, 6.07) is 11.5. The molecule has 1 aromatic heterocycles. The van der Waals surface area contributed by atoms with Crippen molar-refractivity contribution in [3.05, 3.63) is 64.8 Å². The fourth-order valence-corrected chi connectivity index (χ4v) is 4.28. The quantitative estimate of drug-likeness (QED) is 0.461. The summed E-state index contributed by atoms with van der Waals surface area (Å²) in [6.45, 7) is 0. The summed E-state index contributed by atoms with van der Waals surface area (Å²) >= 11 is 6.88. The van der Waals surface area contributed by atoms with Crippen molar-refractivity contribution < 1.29 is 24.2 Å². The van der Waals surface area contributed by atoms with E-state index in [2.05, 4.69) is 0 Å². The minimum absolute atomic E-state index is 0.0219. The first-order chi connectivity index (χ1) is 14.9. The van der Waals surface area contributed by atoms with Crippen molar-refractivity contribution >= 4 is 46.1 Å². The van der Waals surface area contributed by atoms with Gasteiger partial charge in [0.2, 0.25) is 0 Å². The number of rotatable bonds is 5. The van der Waals surface area contributed by atoms with Gasteiger partial charge in [-0.25, -0.2) is 4.79 Å². The minimum Gasteiger partial charge on any atom is -0.497 e. The van der Waals surface area contributed by atoms with Crippen molar-refractivity contribution in [1.82, 2.24) is 4.57 Å². The summed E-state index contributed by atoms with van der Waals surface area (Å²) in [6.07, 6.45) is 0.826. The zero-order valence-electron chi connectivity index (χ0n) is 16.4. The molecule has 3 aromatic rings. The number of aromatic nitrogens is 1. The summed E-state index contributed by atoms with van der Waals surface area (Å²) in [5.74, 6) is -0.394. The predicted octanol–water partition coefficient (Wildman–Crippen LogP) is 3.71. The molecule has 2 aromatic carbocycles. The third-order valence-corrected chi connectivity index (χ3v) is 6.15. The number of methoxy groups -OCH3 is 1. The first-order valence-electron chi connectivity index (χ1n) is 9.31. The molecule has 0 aliphatic carbocycles. The van der Waals surface area contributed by atoms with Gasteiger partial charge >= 0.3 is 5.97 Å². The molecule has 0 spiro atoms. The summed E-state index contributed by atoms with van der Waals surface area (Å²) in [7, 11) is 1.50. The Balaban J connectivity index is 1.84. The molecule has 1 fully saturated rings. The van der Waals surface area contributed by atoms with Crippen LogP contribution >= 0.6 is 23.4 Å². The molecule has 4 rings (SSSR count). The number of carbonyl (C=O) groups is 2. The summed E-state index contributed by atoms with van der Waals surface area (Å²) in [4.78, 5) is 25.8. The number of halogens is 1. The molecule has 31 heavy (non-hydrogen) atoms. The molecule has 0 saturated carbocycles.